The van der Waals surface area contributed by atoms with E-state index in [4.69, 9.17) is 9.84 Å². The molecule has 0 aromatic carbocycles. The smallest absolute Gasteiger partial charge is 0.0900 e. The van der Waals surface area contributed by atoms with Crippen molar-refractivity contribution in [2.24, 2.45) is 17.3 Å². The highest BCUT2D eigenvalue weighted by Gasteiger charge is 2.50. The lowest BCUT2D eigenvalue weighted by Crippen LogP contribution is -2.48. The van der Waals surface area contributed by atoms with Crippen LogP contribution >= 0.6 is 0 Å². The molecule has 0 amide bonds. The van der Waals surface area contributed by atoms with Crippen molar-refractivity contribution in [3.8, 4) is 0 Å². The maximum Gasteiger partial charge on any atom is 0.0900 e. The molecule has 4 heteroatoms. The number of likely N-dealkylation sites (N-methyl/N-ethyl adjacent to an activating group) is 1. The largest absolute Gasteiger partial charge is 0.395 e. The number of allylic oxidation sites excluding steroid dienone is 1. The zero-order valence-electron chi connectivity index (χ0n) is 13.0. The fourth-order valence-electron chi connectivity index (χ4n) is 3.63. The van der Waals surface area contributed by atoms with E-state index < -0.39 is 6.10 Å². The number of ether oxygens (including phenoxy) is 1. The van der Waals surface area contributed by atoms with Gasteiger partial charge in [0.25, 0.3) is 0 Å². The highest BCUT2D eigenvalue weighted by Crippen LogP contribution is 2.59. The molecule has 20 heavy (non-hydrogen) atoms. The van der Waals surface area contributed by atoms with Gasteiger partial charge in [-0.1, -0.05) is 19.9 Å². The lowest BCUT2D eigenvalue weighted by atomic mass is 9.49. The summed E-state index contributed by atoms with van der Waals surface area (Å²) in [5.74, 6) is 1.53. The summed E-state index contributed by atoms with van der Waals surface area (Å²) in [6.45, 7) is 6.98. The van der Waals surface area contributed by atoms with Gasteiger partial charge in [0.15, 0.2) is 0 Å². The average molecular weight is 283 g/mol. The van der Waals surface area contributed by atoms with E-state index in [-0.39, 0.29) is 6.61 Å². The minimum atomic E-state index is -0.488. The molecule has 0 aromatic rings. The summed E-state index contributed by atoms with van der Waals surface area (Å²) in [6, 6.07) is 0. The number of hydrogen-bond acceptors (Lipinski definition) is 4. The Morgan fingerprint density at radius 1 is 1.50 bits per heavy atom. The zero-order valence-corrected chi connectivity index (χ0v) is 13.0. The van der Waals surface area contributed by atoms with Crippen molar-refractivity contribution in [2.75, 3.05) is 40.0 Å². The second-order valence-electron chi connectivity index (χ2n) is 6.98. The van der Waals surface area contributed by atoms with E-state index in [0.717, 1.165) is 5.92 Å². The van der Waals surface area contributed by atoms with E-state index in [1.54, 1.807) is 0 Å². The normalized spacial score (nSPS) is 29.0. The van der Waals surface area contributed by atoms with Gasteiger partial charge in [0.05, 0.1) is 25.9 Å². The van der Waals surface area contributed by atoms with Crippen LogP contribution in [0, 0.1) is 17.3 Å². The van der Waals surface area contributed by atoms with E-state index in [2.05, 4.69) is 19.9 Å². The van der Waals surface area contributed by atoms with Gasteiger partial charge >= 0.3 is 0 Å². The number of aliphatic hydroxyl groups excluding tert-OH is 2. The van der Waals surface area contributed by atoms with Crippen LogP contribution in [0.3, 0.4) is 0 Å². The lowest BCUT2D eigenvalue weighted by molar-refractivity contribution is -0.0258. The molecule has 1 fully saturated rings. The predicted molar refractivity (Wildman–Crippen MR) is 79.5 cm³/mol. The number of hydrogen-bond donors (Lipinski definition) is 2. The van der Waals surface area contributed by atoms with Crippen LogP contribution in [0.15, 0.2) is 11.6 Å². The van der Waals surface area contributed by atoms with Crippen LogP contribution in [0.5, 0.6) is 0 Å². The standard InChI is InChI=1S/C16H29NO3/c1-16(2)13-5-4-12(15(16)8-13)10-20-11-14(19)9-17(3)6-7-18/h4,13-15,18-19H,5-11H2,1-3H3. The highest BCUT2D eigenvalue weighted by molar-refractivity contribution is 5.23. The molecule has 3 aliphatic carbocycles. The van der Waals surface area contributed by atoms with E-state index in [0.29, 0.717) is 37.6 Å². The molecular weight excluding hydrogens is 254 g/mol. The number of rotatable bonds is 8. The van der Waals surface area contributed by atoms with Gasteiger partial charge < -0.3 is 19.8 Å². The fraction of sp³-hybridized carbons (Fsp3) is 0.875. The number of nitrogens with zero attached hydrogens (tertiary/aromatic N) is 1. The quantitative estimate of drug-likeness (QED) is 0.659. The molecule has 2 bridgehead atoms. The van der Waals surface area contributed by atoms with Crippen LogP contribution in [-0.4, -0.2) is 61.2 Å². The lowest BCUT2D eigenvalue weighted by Gasteiger charge is -2.56. The summed E-state index contributed by atoms with van der Waals surface area (Å²) in [7, 11) is 1.89. The first kappa shape index (κ1) is 16.0. The Hall–Kier alpha value is -0.420. The zero-order chi connectivity index (χ0) is 14.8. The molecular formula is C16H29NO3. The van der Waals surface area contributed by atoms with E-state index in [9.17, 15) is 5.11 Å². The third-order valence-corrected chi connectivity index (χ3v) is 5.17. The molecule has 4 nitrogen and oxygen atoms in total. The summed E-state index contributed by atoms with van der Waals surface area (Å²) >= 11 is 0. The molecule has 2 N–H and O–H groups in total. The molecule has 0 aliphatic heterocycles. The summed E-state index contributed by atoms with van der Waals surface area (Å²) in [5.41, 5.74) is 1.86. The van der Waals surface area contributed by atoms with Crippen molar-refractivity contribution < 1.29 is 14.9 Å². The molecule has 0 saturated heterocycles. The molecule has 1 saturated carbocycles. The third-order valence-electron chi connectivity index (χ3n) is 5.17. The molecule has 116 valence electrons. The summed E-state index contributed by atoms with van der Waals surface area (Å²) in [4.78, 5) is 1.91. The topological polar surface area (TPSA) is 52.9 Å². The number of fused-ring (bicyclic) bond motifs is 1. The predicted octanol–water partition coefficient (Wildman–Crippen LogP) is 1.28. The van der Waals surface area contributed by atoms with Crippen molar-refractivity contribution in [1.82, 2.24) is 4.90 Å². The van der Waals surface area contributed by atoms with Crippen LogP contribution in [-0.2, 0) is 4.74 Å². The highest BCUT2D eigenvalue weighted by atomic mass is 16.5. The minimum absolute atomic E-state index is 0.120. The van der Waals surface area contributed by atoms with Gasteiger partial charge in [-0.05, 0) is 42.7 Å². The second-order valence-corrected chi connectivity index (χ2v) is 6.98. The van der Waals surface area contributed by atoms with Crippen molar-refractivity contribution in [1.29, 1.82) is 0 Å². The van der Waals surface area contributed by atoms with Crippen LogP contribution in [0.1, 0.15) is 26.7 Å². The monoisotopic (exact) mass is 283 g/mol. The SMILES string of the molecule is CN(CCO)CC(O)COCC1=CCC2CC1C2(C)C. The fourth-order valence-corrected chi connectivity index (χ4v) is 3.63. The van der Waals surface area contributed by atoms with E-state index in [1.165, 1.54) is 18.4 Å². The van der Waals surface area contributed by atoms with Gasteiger partial charge in [0.1, 0.15) is 0 Å². The Labute approximate surface area is 122 Å². The Morgan fingerprint density at radius 2 is 2.25 bits per heavy atom. The molecule has 3 rings (SSSR count). The molecule has 0 heterocycles. The number of aliphatic hydroxyl groups is 2. The third kappa shape index (κ3) is 3.42. The maximum absolute atomic E-state index is 9.89. The van der Waals surface area contributed by atoms with Crippen molar-refractivity contribution >= 4 is 0 Å². The Bertz CT molecular complexity index is 354. The van der Waals surface area contributed by atoms with E-state index in [1.807, 2.05) is 11.9 Å². The van der Waals surface area contributed by atoms with Crippen molar-refractivity contribution in [3.05, 3.63) is 11.6 Å². The molecule has 0 spiro atoms. The van der Waals surface area contributed by atoms with Crippen LogP contribution < -0.4 is 0 Å². The van der Waals surface area contributed by atoms with Gasteiger partial charge in [0, 0.05) is 13.1 Å². The Balaban J connectivity index is 1.67. The van der Waals surface area contributed by atoms with Gasteiger partial charge in [-0.25, -0.2) is 0 Å². The van der Waals surface area contributed by atoms with E-state index >= 15 is 0 Å². The van der Waals surface area contributed by atoms with Crippen molar-refractivity contribution in [3.63, 3.8) is 0 Å². The minimum Gasteiger partial charge on any atom is -0.395 e. The molecule has 3 unspecified atom stereocenters. The van der Waals surface area contributed by atoms with Crippen molar-refractivity contribution in [2.45, 2.75) is 32.8 Å². The Kier molecular flexibility index (Phi) is 5.24. The van der Waals surface area contributed by atoms with Gasteiger partial charge in [0.2, 0.25) is 0 Å². The van der Waals surface area contributed by atoms with Gasteiger partial charge in [-0.2, -0.15) is 0 Å². The maximum atomic E-state index is 9.89. The molecule has 3 aliphatic rings. The van der Waals surface area contributed by atoms with Gasteiger partial charge in [-0.15, -0.1) is 0 Å². The first-order valence-corrected chi connectivity index (χ1v) is 7.69. The van der Waals surface area contributed by atoms with Gasteiger partial charge in [-0.3, -0.25) is 0 Å². The molecule has 0 radical (unpaired) electrons. The second kappa shape index (κ2) is 6.56. The first-order chi connectivity index (χ1) is 9.45. The van der Waals surface area contributed by atoms with Crippen LogP contribution in [0.4, 0.5) is 0 Å². The molecule has 0 aromatic heterocycles. The summed E-state index contributed by atoms with van der Waals surface area (Å²) < 4.78 is 5.69. The Morgan fingerprint density at radius 3 is 2.85 bits per heavy atom. The average Bonchev–Trinajstić information content (AvgIpc) is 2.38. The summed E-state index contributed by atoms with van der Waals surface area (Å²) in [5, 5.41) is 18.7. The molecule has 3 atom stereocenters. The van der Waals surface area contributed by atoms with Crippen LogP contribution in [0.2, 0.25) is 0 Å². The summed E-state index contributed by atoms with van der Waals surface area (Å²) in [6.07, 6.45) is 4.35. The first-order valence-electron chi connectivity index (χ1n) is 7.69. The van der Waals surface area contributed by atoms with Crippen LogP contribution in [0.25, 0.3) is 0 Å².